The lowest BCUT2D eigenvalue weighted by molar-refractivity contribution is -0.122. The van der Waals surface area contributed by atoms with E-state index in [-0.39, 0.29) is 50.4 Å². The molecule has 6 N–H and O–H groups in total. The number of phenols is 2. The minimum absolute atomic E-state index is 0.0435. The quantitative estimate of drug-likeness (QED) is 0.119. The van der Waals surface area contributed by atoms with Crippen molar-refractivity contribution in [3.8, 4) is 22.6 Å². The van der Waals surface area contributed by atoms with Crippen molar-refractivity contribution in [3.63, 3.8) is 0 Å². The topological polar surface area (TPSA) is 153 Å². The Bertz CT molecular complexity index is 1580. The Morgan fingerprint density at radius 3 is 2.46 bits per heavy atom. The Kier molecular flexibility index (Phi) is 7.83. The second-order valence-corrected chi connectivity index (χ2v) is 9.98. The third-order valence-corrected chi connectivity index (χ3v) is 7.03. The van der Waals surface area contributed by atoms with E-state index in [4.69, 9.17) is 23.1 Å². The summed E-state index contributed by atoms with van der Waals surface area (Å²) < 4.78 is 27.2. The van der Waals surface area contributed by atoms with Crippen molar-refractivity contribution < 1.29 is 38.5 Å². The second-order valence-electron chi connectivity index (χ2n) is 8.30. The van der Waals surface area contributed by atoms with E-state index in [1.807, 2.05) is 0 Å². The van der Waals surface area contributed by atoms with Crippen LogP contribution >= 0.6 is 24.0 Å². The van der Waals surface area contributed by atoms with Crippen molar-refractivity contribution in [2.75, 3.05) is 17.6 Å². The number of rotatable bonds is 7. The fourth-order valence-electron chi connectivity index (χ4n) is 3.69. The molecule has 2 amide bonds. The molecule has 1 aliphatic heterocycles. The largest absolute Gasteiger partial charge is 0.507 e. The number of phenolic OH excluding ortho intramolecular Hbond substituents is 1. The number of carbonyl (C=O) groups excluding carboxylic acids is 2. The lowest BCUT2D eigenvalue weighted by atomic mass is 10.0. The summed E-state index contributed by atoms with van der Waals surface area (Å²) in [6.45, 7) is -0.0734. The van der Waals surface area contributed by atoms with Crippen molar-refractivity contribution in [2.24, 2.45) is 0 Å². The first-order chi connectivity index (χ1) is 18.4. The predicted molar refractivity (Wildman–Crippen MR) is 146 cm³/mol. The molecule has 0 bridgehead atoms. The molecule has 1 heterocycles. The van der Waals surface area contributed by atoms with Crippen LogP contribution in [0.3, 0.4) is 0 Å². The van der Waals surface area contributed by atoms with E-state index in [0.717, 1.165) is 36.0 Å². The van der Waals surface area contributed by atoms with Crippen molar-refractivity contribution in [2.45, 2.75) is 6.42 Å². The van der Waals surface area contributed by atoms with Crippen LogP contribution in [-0.2, 0) is 9.59 Å². The van der Waals surface area contributed by atoms with Crippen LogP contribution in [0.15, 0.2) is 53.4 Å². The minimum Gasteiger partial charge on any atom is -0.507 e. The number of halogens is 2. The highest BCUT2D eigenvalue weighted by Crippen LogP contribution is 2.38. The number of thiocarbonyl (C=S) groups is 1. The molecule has 13 heteroatoms. The van der Waals surface area contributed by atoms with Crippen molar-refractivity contribution in [1.29, 1.82) is 0 Å². The van der Waals surface area contributed by atoms with Gasteiger partial charge in [0, 0.05) is 30.3 Å². The highest BCUT2D eigenvalue weighted by atomic mass is 32.2. The summed E-state index contributed by atoms with van der Waals surface area (Å²) in [5.41, 5.74) is 6.54. The number of nitrogen functional groups attached to an aromatic ring is 1. The Hall–Kier alpha value is -4.49. The zero-order valence-corrected chi connectivity index (χ0v) is 21.4. The molecule has 200 valence electrons. The molecule has 9 nitrogen and oxygen atoms in total. The highest BCUT2D eigenvalue weighted by Gasteiger charge is 2.32. The summed E-state index contributed by atoms with van der Waals surface area (Å²) >= 11 is 6.22. The van der Waals surface area contributed by atoms with Gasteiger partial charge < -0.3 is 26.4 Å². The molecule has 0 unspecified atom stereocenters. The number of hydrogen-bond donors (Lipinski definition) is 5. The van der Waals surface area contributed by atoms with Crippen LogP contribution in [0, 0.1) is 11.6 Å². The van der Waals surface area contributed by atoms with Gasteiger partial charge in [-0.3, -0.25) is 14.5 Å². The van der Waals surface area contributed by atoms with Crippen molar-refractivity contribution >= 4 is 63.5 Å². The Balaban J connectivity index is 1.48. The summed E-state index contributed by atoms with van der Waals surface area (Å²) in [4.78, 5) is 37.7. The van der Waals surface area contributed by atoms with Crippen molar-refractivity contribution in [1.82, 2.24) is 4.90 Å². The number of anilines is 2. The molecule has 3 aromatic rings. The van der Waals surface area contributed by atoms with Gasteiger partial charge in [0.1, 0.15) is 21.4 Å². The van der Waals surface area contributed by atoms with E-state index >= 15 is 0 Å². The van der Waals surface area contributed by atoms with Crippen LogP contribution in [0.2, 0.25) is 0 Å². The number of carbonyl (C=O) groups is 3. The lowest BCUT2D eigenvalue weighted by Crippen LogP contribution is -2.31. The Labute approximate surface area is 229 Å². The van der Waals surface area contributed by atoms with Crippen LogP contribution in [0.25, 0.3) is 17.2 Å². The normalized spacial score (nSPS) is 14.2. The number of nitrogens with two attached hydrogens (primary N) is 1. The average Bonchev–Trinajstić information content (AvgIpc) is 3.13. The lowest BCUT2D eigenvalue weighted by Gasteiger charge is -2.14. The standard InChI is InChI=1S/C26H19F2N3O6S2/c27-17-4-1-12(8-18(17)28)13-7-14(23(34)19(29)9-13)10-21-24(35)31(26(38)39-21)6-5-22(33)30-15-2-3-16(25(36)37)20(32)11-15/h1-4,7-11,32,34H,5-6,29H2,(H,30,33)(H,36,37)/b21-10-. The van der Waals surface area contributed by atoms with E-state index in [1.165, 1.54) is 35.2 Å². The number of aromatic hydroxyl groups is 2. The molecule has 39 heavy (non-hydrogen) atoms. The molecule has 0 radical (unpaired) electrons. The second kappa shape index (κ2) is 11.1. The molecule has 0 spiro atoms. The van der Waals surface area contributed by atoms with Gasteiger partial charge in [-0.05, 0) is 53.6 Å². The number of nitrogens with one attached hydrogen (secondary N) is 1. The molecule has 0 aromatic heterocycles. The van der Waals surface area contributed by atoms with Crippen LogP contribution < -0.4 is 11.1 Å². The van der Waals surface area contributed by atoms with Gasteiger partial charge in [-0.1, -0.05) is 30.0 Å². The molecular weight excluding hydrogens is 552 g/mol. The zero-order valence-electron chi connectivity index (χ0n) is 19.8. The first-order valence-electron chi connectivity index (χ1n) is 11.1. The van der Waals surface area contributed by atoms with Gasteiger partial charge in [0.2, 0.25) is 5.91 Å². The fourth-order valence-corrected chi connectivity index (χ4v) is 4.99. The SMILES string of the molecule is Nc1cc(-c2ccc(F)c(F)c2)cc(/C=C2\SC(=S)N(CCC(=O)Nc3ccc(C(=O)O)c(O)c3)C2=O)c1O. The van der Waals surface area contributed by atoms with Crippen LogP contribution in [0.4, 0.5) is 20.2 Å². The van der Waals surface area contributed by atoms with E-state index in [1.54, 1.807) is 0 Å². The van der Waals surface area contributed by atoms with E-state index < -0.39 is 35.2 Å². The maximum absolute atomic E-state index is 13.7. The molecule has 3 aromatic carbocycles. The van der Waals surface area contributed by atoms with Crippen LogP contribution in [-0.4, -0.2) is 48.9 Å². The van der Waals surface area contributed by atoms with Gasteiger partial charge in [0.15, 0.2) is 11.6 Å². The van der Waals surface area contributed by atoms with Gasteiger partial charge in [-0.2, -0.15) is 0 Å². The fraction of sp³-hybridized carbons (Fsp3) is 0.0769. The number of thioether (sulfide) groups is 1. The van der Waals surface area contributed by atoms with E-state index in [2.05, 4.69) is 5.32 Å². The van der Waals surface area contributed by atoms with Gasteiger partial charge in [-0.25, -0.2) is 13.6 Å². The number of amides is 2. The average molecular weight is 572 g/mol. The summed E-state index contributed by atoms with van der Waals surface area (Å²) in [5.74, 6) is -5.25. The van der Waals surface area contributed by atoms with E-state index in [9.17, 15) is 33.4 Å². The first-order valence-corrected chi connectivity index (χ1v) is 12.4. The molecule has 1 aliphatic rings. The third-order valence-electron chi connectivity index (χ3n) is 5.66. The molecular formula is C26H19F2N3O6S2. The molecule has 1 fully saturated rings. The predicted octanol–water partition coefficient (Wildman–Crippen LogP) is 4.55. The number of carboxylic acid groups (broad SMARTS) is 1. The van der Waals surface area contributed by atoms with Crippen LogP contribution in [0.5, 0.6) is 11.5 Å². The number of aromatic carboxylic acids is 1. The summed E-state index contributed by atoms with van der Waals surface area (Å²) in [6, 6.07) is 9.69. The summed E-state index contributed by atoms with van der Waals surface area (Å²) in [7, 11) is 0. The number of carboxylic acids is 1. The maximum atomic E-state index is 13.7. The number of nitrogens with zero attached hydrogens (tertiary/aromatic N) is 1. The molecule has 0 atom stereocenters. The first kappa shape index (κ1) is 27.5. The summed E-state index contributed by atoms with van der Waals surface area (Å²) in [6.07, 6.45) is 1.20. The summed E-state index contributed by atoms with van der Waals surface area (Å²) in [5, 5.41) is 31.7. The molecule has 0 aliphatic carbocycles. The monoisotopic (exact) mass is 571 g/mol. The number of hydrogen-bond acceptors (Lipinski definition) is 8. The zero-order chi connectivity index (χ0) is 28.4. The number of benzene rings is 3. The molecule has 4 rings (SSSR count). The van der Waals surface area contributed by atoms with Gasteiger partial charge >= 0.3 is 5.97 Å². The Morgan fingerprint density at radius 2 is 1.79 bits per heavy atom. The third kappa shape index (κ3) is 5.99. The van der Waals surface area contributed by atoms with E-state index in [0.29, 0.717) is 11.1 Å². The van der Waals surface area contributed by atoms with Crippen LogP contribution in [0.1, 0.15) is 22.3 Å². The van der Waals surface area contributed by atoms with Gasteiger partial charge in [-0.15, -0.1) is 0 Å². The minimum atomic E-state index is -1.32. The van der Waals surface area contributed by atoms with Gasteiger partial charge in [0.05, 0.1) is 10.6 Å². The van der Waals surface area contributed by atoms with Gasteiger partial charge in [0.25, 0.3) is 5.91 Å². The Morgan fingerprint density at radius 1 is 1.05 bits per heavy atom. The highest BCUT2D eigenvalue weighted by molar-refractivity contribution is 8.26. The smallest absolute Gasteiger partial charge is 0.339 e. The molecule has 1 saturated heterocycles. The van der Waals surface area contributed by atoms with Crippen molar-refractivity contribution in [3.05, 3.63) is 76.2 Å². The maximum Gasteiger partial charge on any atom is 0.339 e. The molecule has 0 saturated carbocycles.